The Morgan fingerprint density at radius 3 is 2.21 bits per heavy atom. The second-order valence-electron chi connectivity index (χ2n) is 3.43. The van der Waals surface area contributed by atoms with Crippen LogP contribution in [0.25, 0.3) is 0 Å². The molecule has 0 heterocycles. The standard InChI is InChI=1S/C11H8BrF3N2O2/c1-6(18)9(10(19)11(13,14)15)17-16-8-4-2-7(12)3-5-8/h2-5,19H,1H3/b10-9-,17-16?. The Bertz CT molecular complexity index is 536. The summed E-state index contributed by atoms with van der Waals surface area (Å²) in [7, 11) is 0. The van der Waals surface area contributed by atoms with Gasteiger partial charge in [-0.2, -0.15) is 18.3 Å². The van der Waals surface area contributed by atoms with Gasteiger partial charge in [0.2, 0.25) is 5.76 Å². The number of carbonyl (C=O) groups excluding carboxylic acids is 1. The van der Waals surface area contributed by atoms with Gasteiger partial charge in [0, 0.05) is 11.4 Å². The van der Waals surface area contributed by atoms with Crippen LogP contribution in [0.15, 0.2) is 50.4 Å². The quantitative estimate of drug-likeness (QED) is 0.503. The van der Waals surface area contributed by atoms with E-state index in [9.17, 15) is 18.0 Å². The Labute approximate surface area is 114 Å². The van der Waals surface area contributed by atoms with E-state index in [1.54, 1.807) is 12.1 Å². The van der Waals surface area contributed by atoms with Crippen molar-refractivity contribution in [2.75, 3.05) is 0 Å². The summed E-state index contributed by atoms with van der Waals surface area (Å²) in [5, 5.41) is 15.5. The van der Waals surface area contributed by atoms with Gasteiger partial charge in [0.15, 0.2) is 11.5 Å². The zero-order valence-corrected chi connectivity index (χ0v) is 11.2. The van der Waals surface area contributed by atoms with E-state index in [0.717, 1.165) is 11.4 Å². The molecule has 1 rings (SSSR count). The predicted molar refractivity (Wildman–Crippen MR) is 65.0 cm³/mol. The van der Waals surface area contributed by atoms with Crippen molar-refractivity contribution in [1.82, 2.24) is 0 Å². The van der Waals surface area contributed by atoms with Crippen molar-refractivity contribution >= 4 is 27.4 Å². The van der Waals surface area contributed by atoms with E-state index in [4.69, 9.17) is 5.11 Å². The van der Waals surface area contributed by atoms with E-state index in [2.05, 4.69) is 26.2 Å². The molecule has 1 N–H and O–H groups in total. The van der Waals surface area contributed by atoms with Crippen LogP contribution >= 0.6 is 15.9 Å². The average molecular weight is 337 g/mol. The molecular formula is C11H8BrF3N2O2. The maximum Gasteiger partial charge on any atom is 0.451 e. The molecule has 8 heteroatoms. The Kier molecular flexibility index (Phi) is 4.82. The SMILES string of the molecule is CC(=O)/C(N=Nc1ccc(Br)cc1)=C(/O)C(F)(F)F. The van der Waals surface area contributed by atoms with Gasteiger partial charge in [0.25, 0.3) is 0 Å². The molecule has 1 aromatic rings. The van der Waals surface area contributed by atoms with E-state index < -0.39 is 23.4 Å². The number of azo groups is 1. The number of rotatable bonds is 3. The monoisotopic (exact) mass is 336 g/mol. The molecule has 0 atom stereocenters. The van der Waals surface area contributed by atoms with E-state index in [1.165, 1.54) is 12.1 Å². The number of carbonyl (C=O) groups is 1. The van der Waals surface area contributed by atoms with Gasteiger partial charge in [-0.05, 0) is 24.3 Å². The molecular weight excluding hydrogens is 329 g/mol. The number of benzene rings is 1. The van der Waals surface area contributed by atoms with Crippen molar-refractivity contribution in [2.24, 2.45) is 10.2 Å². The van der Waals surface area contributed by atoms with Crippen molar-refractivity contribution in [3.8, 4) is 0 Å². The summed E-state index contributed by atoms with van der Waals surface area (Å²) >= 11 is 3.17. The van der Waals surface area contributed by atoms with Crippen LogP contribution in [-0.4, -0.2) is 17.1 Å². The maximum absolute atomic E-state index is 12.3. The summed E-state index contributed by atoms with van der Waals surface area (Å²) in [5.41, 5.74) is -0.882. The molecule has 19 heavy (non-hydrogen) atoms. The largest absolute Gasteiger partial charge is 0.503 e. The van der Waals surface area contributed by atoms with Crippen molar-refractivity contribution in [3.63, 3.8) is 0 Å². The lowest BCUT2D eigenvalue weighted by molar-refractivity contribution is -0.126. The molecule has 0 bridgehead atoms. The Morgan fingerprint density at radius 1 is 1.26 bits per heavy atom. The van der Waals surface area contributed by atoms with Gasteiger partial charge in [0.05, 0.1) is 5.69 Å². The molecule has 0 aromatic heterocycles. The minimum Gasteiger partial charge on any atom is -0.503 e. The van der Waals surface area contributed by atoms with E-state index in [1.807, 2.05) is 0 Å². The second-order valence-corrected chi connectivity index (χ2v) is 4.34. The number of allylic oxidation sites excluding steroid dienone is 2. The topological polar surface area (TPSA) is 62.0 Å². The molecule has 0 radical (unpaired) electrons. The molecule has 0 spiro atoms. The smallest absolute Gasteiger partial charge is 0.451 e. The number of ketones is 1. The normalized spacial score (nSPS) is 13.5. The molecule has 102 valence electrons. The maximum atomic E-state index is 12.3. The molecule has 0 fully saturated rings. The van der Waals surface area contributed by atoms with Gasteiger partial charge in [-0.15, -0.1) is 5.11 Å². The van der Waals surface area contributed by atoms with Crippen LogP contribution in [0, 0.1) is 0 Å². The lowest BCUT2D eigenvalue weighted by Crippen LogP contribution is -2.16. The first-order valence-electron chi connectivity index (χ1n) is 4.90. The van der Waals surface area contributed by atoms with Crippen LogP contribution in [0.3, 0.4) is 0 Å². The first kappa shape index (κ1) is 15.4. The number of halogens is 4. The third-order valence-corrected chi connectivity index (χ3v) is 2.45. The Morgan fingerprint density at radius 2 is 1.79 bits per heavy atom. The van der Waals surface area contributed by atoms with Gasteiger partial charge in [0.1, 0.15) is 0 Å². The summed E-state index contributed by atoms with van der Waals surface area (Å²) in [5.74, 6) is -3.09. The molecule has 0 aliphatic carbocycles. The third-order valence-electron chi connectivity index (χ3n) is 1.92. The lowest BCUT2D eigenvalue weighted by Gasteiger charge is -2.06. The molecule has 4 nitrogen and oxygen atoms in total. The molecule has 1 aromatic carbocycles. The van der Waals surface area contributed by atoms with Crippen LogP contribution in [0.1, 0.15) is 6.92 Å². The molecule has 0 saturated carbocycles. The van der Waals surface area contributed by atoms with Crippen molar-refractivity contribution in [2.45, 2.75) is 13.1 Å². The highest BCUT2D eigenvalue weighted by Gasteiger charge is 2.38. The first-order valence-corrected chi connectivity index (χ1v) is 5.70. The number of Topliss-reactive ketones (excluding diaryl/α,β-unsaturated/α-hetero) is 1. The highest BCUT2D eigenvalue weighted by Crippen LogP contribution is 2.27. The number of hydrogen-bond acceptors (Lipinski definition) is 4. The Balaban J connectivity index is 3.11. The van der Waals surface area contributed by atoms with Crippen LogP contribution in [0.5, 0.6) is 0 Å². The fourth-order valence-corrected chi connectivity index (χ4v) is 1.30. The van der Waals surface area contributed by atoms with Crippen LogP contribution in [0.4, 0.5) is 18.9 Å². The zero-order valence-electron chi connectivity index (χ0n) is 9.57. The molecule has 0 unspecified atom stereocenters. The molecule has 0 saturated heterocycles. The third kappa shape index (κ3) is 4.47. The van der Waals surface area contributed by atoms with Gasteiger partial charge in [-0.25, -0.2) is 0 Å². The number of nitrogens with zero attached hydrogens (tertiary/aromatic N) is 2. The van der Waals surface area contributed by atoms with Crippen LogP contribution < -0.4 is 0 Å². The van der Waals surface area contributed by atoms with E-state index >= 15 is 0 Å². The van der Waals surface area contributed by atoms with Crippen LogP contribution in [-0.2, 0) is 4.79 Å². The number of aliphatic hydroxyl groups excluding tert-OH is 1. The fraction of sp³-hybridized carbons (Fsp3) is 0.182. The minimum atomic E-state index is -5.04. The number of alkyl halides is 3. The second kappa shape index (κ2) is 5.96. The van der Waals surface area contributed by atoms with Crippen molar-refractivity contribution in [1.29, 1.82) is 0 Å². The highest BCUT2D eigenvalue weighted by atomic mass is 79.9. The molecule has 0 amide bonds. The summed E-state index contributed by atoms with van der Waals surface area (Å²) < 4.78 is 37.6. The van der Waals surface area contributed by atoms with Gasteiger partial charge >= 0.3 is 6.18 Å². The molecule has 0 aliphatic rings. The summed E-state index contributed by atoms with van der Waals surface area (Å²) in [6.45, 7) is 0.859. The number of aliphatic hydroxyl groups is 1. The van der Waals surface area contributed by atoms with E-state index in [-0.39, 0.29) is 5.69 Å². The van der Waals surface area contributed by atoms with Crippen molar-refractivity contribution in [3.05, 3.63) is 40.2 Å². The predicted octanol–water partition coefficient (Wildman–Crippen LogP) is 4.45. The fourth-order valence-electron chi connectivity index (χ4n) is 1.03. The molecule has 0 aliphatic heterocycles. The Hall–Kier alpha value is -1.70. The average Bonchev–Trinajstić information content (AvgIpc) is 2.30. The minimum absolute atomic E-state index is 0.247. The first-order chi connectivity index (χ1) is 8.71. The van der Waals surface area contributed by atoms with Gasteiger partial charge in [-0.1, -0.05) is 15.9 Å². The van der Waals surface area contributed by atoms with Crippen LogP contribution in [0.2, 0.25) is 0 Å². The lowest BCUT2D eigenvalue weighted by atomic mass is 10.3. The summed E-state index contributed by atoms with van der Waals surface area (Å²) in [6.07, 6.45) is -5.04. The number of hydrogen-bond donors (Lipinski definition) is 1. The highest BCUT2D eigenvalue weighted by molar-refractivity contribution is 9.10. The van der Waals surface area contributed by atoms with Gasteiger partial charge in [-0.3, -0.25) is 4.79 Å². The summed E-state index contributed by atoms with van der Waals surface area (Å²) in [6, 6.07) is 6.18. The summed E-state index contributed by atoms with van der Waals surface area (Å²) in [4.78, 5) is 11.0. The zero-order chi connectivity index (χ0) is 14.6. The van der Waals surface area contributed by atoms with E-state index in [0.29, 0.717) is 0 Å². The van der Waals surface area contributed by atoms with Gasteiger partial charge < -0.3 is 5.11 Å². The van der Waals surface area contributed by atoms with Crippen molar-refractivity contribution < 1.29 is 23.1 Å².